The first-order valence-electron chi connectivity index (χ1n) is 6.45. The first-order chi connectivity index (χ1) is 9.13. The lowest BCUT2D eigenvalue weighted by Crippen LogP contribution is -2.28. The third-order valence-corrected chi connectivity index (χ3v) is 4.00. The highest BCUT2D eigenvalue weighted by atomic mass is 32.2. The number of likely N-dealkylation sites (N-methyl/N-ethyl adjacent to an activating group) is 1. The summed E-state index contributed by atoms with van der Waals surface area (Å²) in [5.74, 6) is 0.784. The number of thiocarbonyl (C=S) groups is 1. The molecule has 0 saturated heterocycles. The van der Waals surface area contributed by atoms with Gasteiger partial charge in [0.25, 0.3) is 0 Å². The molecule has 1 aromatic rings. The van der Waals surface area contributed by atoms with E-state index < -0.39 is 0 Å². The molecule has 0 aliphatic carbocycles. The number of thioether (sulfide) groups is 1. The highest BCUT2D eigenvalue weighted by molar-refractivity contribution is 7.98. The molecular formula is C14H22N2OS2. The SMILES string of the molecule is CCN(CC)CCOc1cccc(SC)c1C(N)=S. The van der Waals surface area contributed by atoms with E-state index in [1.165, 1.54) is 0 Å². The van der Waals surface area contributed by atoms with Crippen molar-refractivity contribution >= 4 is 29.0 Å². The Morgan fingerprint density at radius 2 is 2.05 bits per heavy atom. The highest BCUT2D eigenvalue weighted by Gasteiger charge is 2.12. The monoisotopic (exact) mass is 298 g/mol. The number of ether oxygens (including phenoxy) is 1. The van der Waals surface area contributed by atoms with E-state index in [1.54, 1.807) is 11.8 Å². The van der Waals surface area contributed by atoms with Crippen molar-refractivity contribution in [2.24, 2.45) is 5.73 Å². The van der Waals surface area contributed by atoms with Gasteiger partial charge < -0.3 is 15.4 Å². The second-order valence-corrected chi connectivity index (χ2v) is 5.36. The minimum absolute atomic E-state index is 0.391. The molecule has 0 fully saturated rings. The van der Waals surface area contributed by atoms with Gasteiger partial charge in [-0.05, 0) is 31.5 Å². The Morgan fingerprint density at radius 3 is 2.58 bits per heavy atom. The van der Waals surface area contributed by atoms with Crippen molar-refractivity contribution in [3.63, 3.8) is 0 Å². The molecule has 0 unspecified atom stereocenters. The van der Waals surface area contributed by atoms with Crippen molar-refractivity contribution in [3.05, 3.63) is 23.8 Å². The van der Waals surface area contributed by atoms with Gasteiger partial charge in [-0.3, -0.25) is 0 Å². The third kappa shape index (κ3) is 4.67. The Kier molecular flexibility index (Phi) is 7.20. The van der Waals surface area contributed by atoms with Gasteiger partial charge in [-0.1, -0.05) is 32.1 Å². The van der Waals surface area contributed by atoms with Crippen LogP contribution < -0.4 is 10.5 Å². The normalized spacial score (nSPS) is 10.7. The van der Waals surface area contributed by atoms with Crippen LogP contribution in [0.15, 0.2) is 23.1 Å². The highest BCUT2D eigenvalue weighted by Crippen LogP contribution is 2.28. The lowest BCUT2D eigenvalue weighted by atomic mass is 10.2. The van der Waals surface area contributed by atoms with Crippen molar-refractivity contribution in [1.29, 1.82) is 0 Å². The average Bonchev–Trinajstić information content (AvgIpc) is 2.42. The number of benzene rings is 1. The summed E-state index contributed by atoms with van der Waals surface area (Å²) in [4.78, 5) is 3.77. The maximum absolute atomic E-state index is 5.85. The minimum Gasteiger partial charge on any atom is -0.491 e. The zero-order valence-corrected chi connectivity index (χ0v) is 13.4. The molecule has 19 heavy (non-hydrogen) atoms. The molecule has 5 heteroatoms. The van der Waals surface area contributed by atoms with Crippen LogP contribution in [0.2, 0.25) is 0 Å². The summed E-state index contributed by atoms with van der Waals surface area (Å²) in [6.07, 6.45) is 2.01. The largest absolute Gasteiger partial charge is 0.491 e. The van der Waals surface area contributed by atoms with E-state index in [1.807, 2.05) is 24.5 Å². The number of hydrogen-bond acceptors (Lipinski definition) is 4. The van der Waals surface area contributed by atoms with E-state index in [-0.39, 0.29) is 0 Å². The molecule has 0 heterocycles. The first-order valence-corrected chi connectivity index (χ1v) is 8.09. The second-order valence-electron chi connectivity index (χ2n) is 4.07. The standard InChI is InChI=1S/C14H22N2OS2/c1-4-16(5-2)9-10-17-11-7-6-8-12(19-3)13(11)14(15)18/h6-8H,4-5,9-10H2,1-3H3,(H2,15,18). The van der Waals surface area contributed by atoms with Gasteiger partial charge in [0.15, 0.2) is 0 Å². The van der Waals surface area contributed by atoms with Crippen molar-refractivity contribution in [2.45, 2.75) is 18.7 Å². The molecule has 2 N–H and O–H groups in total. The molecule has 0 atom stereocenters. The van der Waals surface area contributed by atoms with Gasteiger partial charge in [0.05, 0.1) is 5.56 Å². The average molecular weight is 298 g/mol. The first kappa shape index (κ1) is 16.3. The smallest absolute Gasteiger partial charge is 0.130 e. The van der Waals surface area contributed by atoms with Gasteiger partial charge in [-0.2, -0.15) is 0 Å². The quantitative estimate of drug-likeness (QED) is 0.590. The Balaban J connectivity index is 2.75. The molecule has 0 bridgehead atoms. The van der Waals surface area contributed by atoms with E-state index >= 15 is 0 Å². The number of hydrogen-bond donors (Lipinski definition) is 1. The van der Waals surface area contributed by atoms with Gasteiger partial charge >= 0.3 is 0 Å². The number of nitrogens with two attached hydrogens (primary N) is 1. The van der Waals surface area contributed by atoms with Gasteiger partial charge in [-0.15, -0.1) is 11.8 Å². The predicted molar refractivity (Wildman–Crippen MR) is 87.4 cm³/mol. The van der Waals surface area contributed by atoms with Crippen LogP contribution in [0.5, 0.6) is 5.75 Å². The molecule has 0 amide bonds. The van der Waals surface area contributed by atoms with E-state index in [0.29, 0.717) is 11.6 Å². The Hall–Kier alpha value is -0.780. The van der Waals surface area contributed by atoms with E-state index in [4.69, 9.17) is 22.7 Å². The Labute approximate surface area is 125 Å². The van der Waals surface area contributed by atoms with E-state index in [2.05, 4.69) is 18.7 Å². The van der Waals surface area contributed by atoms with Crippen LogP contribution in [-0.2, 0) is 0 Å². The van der Waals surface area contributed by atoms with Crippen LogP contribution in [0.1, 0.15) is 19.4 Å². The molecule has 0 aromatic heterocycles. The fourth-order valence-corrected chi connectivity index (χ4v) is 2.77. The molecule has 0 aliphatic rings. The van der Waals surface area contributed by atoms with Crippen molar-refractivity contribution < 1.29 is 4.74 Å². The summed E-state index contributed by atoms with van der Waals surface area (Å²) in [6.45, 7) is 7.93. The van der Waals surface area contributed by atoms with Crippen LogP contribution in [-0.4, -0.2) is 42.4 Å². The van der Waals surface area contributed by atoms with E-state index in [0.717, 1.165) is 35.8 Å². The zero-order chi connectivity index (χ0) is 14.3. The van der Waals surface area contributed by atoms with Gasteiger partial charge in [0.2, 0.25) is 0 Å². The lowest BCUT2D eigenvalue weighted by molar-refractivity contribution is 0.222. The molecule has 1 rings (SSSR count). The Morgan fingerprint density at radius 1 is 1.37 bits per heavy atom. The molecule has 1 aromatic carbocycles. The summed E-state index contributed by atoms with van der Waals surface area (Å²) >= 11 is 6.75. The molecule has 106 valence electrons. The molecule has 3 nitrogen and oxygen atoms in total. The van der Waals surface area contributed by atoms with Crippen molar-refractivity contribution in [2.75, 3.05) is 32.5 Å². The van der Waals surface area contributed by atoms with Crippen LogP contribution in [0.3, 0.4) is 0 Å². The fraction of sp³-hybridized carbons (Fsp3) is 0.500. The summed E-state index contributed by atoms with van der Waals surface area (Å²) in [6, 6.07) is 5.91. The Bertz CT molecular complexity index is 420. The molecular weight excluding hydrogens is 276 g/mol. The summed E-state index contributed by atoms with van der Waals surface area (Å²) in [5.41, 5.74) is 6.65. The van der Waals surface area contributed by atoms with Crippen LogP contribution in [0.4, 0.5) is 0 Å². The summed E-state index contributed by atoms with van der Waals surface area (Å²) < 4.78 is 5.85. The predicted octanol–water partition coefficient (Wildman–Crippen LogP) is 2.76. The number of rotatable bonds is 8. The maximum atomic E-state index is 5.85. The maximum Gasteiger partial charge on any atom is 0.130 e. The van der Waals surface area contributed by atoms with Crippen LogP contribution in [0, 0.1) is 0 Å². The number of nitrogens with zero attached hydrogens (tertiary/aromatic N) is 1. The van der Waals surface area contributed by atoms with Gasteiger partial charge in [0.1, 0.15) is 17.3 Å². The van der Waals surface area contributed by atoms with Crippen LogP contribution in [0.25, 0.3) is 0 Å². The molecule has 0 radical (unpaired) electrons. The molecule has 0 aliphatic heterocycles. The van der Waals surface area contributed by atoms with Gasteiger partial charge in [-0.25, -0.2) is 0 Å². The van der Waals surface area contributed by atoms with Crippen molar-refractivity contribution in [1.82, 2.24) is 4.90 Å². The summed E-state index contributed by atoms with van der Waals surface area (Å²) in [7, 11) is 0. The second kappa shape index (κ2) is 8.40. The topological polar surface area (TPSA) is 38.5 Å². The molecule has 0 saturated carbocycles. The minimum atomic E-state index is 0.391. The fourth-order valence-electron chi connectivity index (χ4n) is 1.87. The van der Waals surface area contributed by atoms with Gasteiger partial charge in [0, 0.05) is 11.4 Å². The zero-order valence-electron chi connectivity index (χ0n) is 11.8. The van der Waals surface area contributed by atoms with E-state index in [9.17, 15) is 0 Å². The van der Waals surface area contributed by atoms with Crippen molar-refractivity contribution in [3.8, 4) is 5.75 Å². The molecule has 0 spiro atoms. The third-order valence-electron chi connectivity index (χ3n) is 3.01. The van der Waals surface area contributed by atoms with Crippen LogP contribution >= 0.6 is 24.0 Å². The lowest BCUT2D eigenvalue weighted by Gasteiger charge is -2.19. The summed E-state index contributed by atoms with van der Waals surface area (Å²) in [5, 5.41) is 0.